The highest BCUT2D eigenvalue weighted by Gasteiger charge is 2.31. The average molecular weight is 464 g/mol. The molecule has 0 unspecified atom stereocenters. The van der Waals surface area contributed by atoms with Gasteiger partial charge in [0.2, 0.25) is 5.91 Å². The molecule has 0 N–H and O–H groups in total. The van der Waals surface area contributed by atoms with Gasteiger partial charge in [0.1, 0.15) is 0 Å². The fourth-order valence-corrected chi connectivity index (χ4v) is 4.30. The van der Waals surface area contributed by atoms with Crippen molar-refractivity contribution in [3.63, 3.8) is 0 Å². The molecule has 0 atom stereocenters. The zero-order valence-electron chi connectivity index (χ0n) is 18.2. The Morgan fingerprint density at radius 1 is 1.06 bits per heavy atom. The van der Waals surface area contributed by atoms with Crippen molar-refractivity contribution in [2.45, 2.75) is 51.1 Å². The van der Waals surface area contributed by atoms with Gasteiger partial charge in [-0.25, -0.2) is 0 Å². The van der Waals surface area contributed by atoms with Gasteiger partial charge < -0.3 is 4.90 Å². The van der Waals surface area contributed by atoms with Crippen molar-refractivity contribution in [1.82, 2.24) is 24.6 Å². The van der Waals surface area contributed by atoms with Gasteiger partial charge in [-0.05, 0) is 58.0 Å². The average Bonchev–Trinajstić information content (AvgIpc) is 3.16. The molecule has 3 rings (SSSR count). The molecule has 0 radical (unpaired) electrons. The molecule has 32 heavy (non-hydrogen) atoms. The van der Waals surface area contributed by atoms with E-state index >= 15 is 0 Å². The van der Waals surface area contributed by atoms with Gasteiger partial charge >= 0.3 is 6.18 Å². The van der Waals surface area contributed by atoms with E-state index in [4.69, 9.17) is 0 Å². The molecule has 0 spiro atoms. The minimum atomic E-state index is -4.49. The summed E-state index contributed by atoms with van der Waals surface area (Å²) in [6.07, 6.45) is -1.35. The second kappa shape index (κ2) is 9.72. The summed E-state index contributed by atoms with van der Waals surface area (Å²) in [5, 5.41) is 8.72. The SMILES string of the molecule is CC(C)N(C(=O)CSc1nnc(-c2ccncc2)n1-c1cccc(C(F)(F)F)c1)C(C)C. The Balaban J connectivity index is 2.01. The van der Waals surface area contributed by atoms with Crippen LogP contribution >= 0.6 is 11.8 Å². The lowest BCUT2D eigenvalue weighted by Gasteiger charge is -2.30. The van der Waals surface area contributed by atoms with Crippen LogP contribution in [0.25, 0.3) is 17.1 Å². The predicted molar refractivity (Wildman–Crippen MR) is 117 cm³/mol. The number of amides is 1. The molecule has 170 valence electrons. The van der Waals surface area contributed by atoms with E-state index in [0.717, 1.165) is 23.9 Å². The van der Waals surface area contributed by atoms with Crippen molar-refractivity contribution in [2.75, 3.05) is 5.75 Å². The van der Waals surface area contributed by atoms with E-state index < -0.39 is 11.7 Å². The largest absolute Gasteiger partial charge is 0.416 e. The zero-order chi connectivity index (χ0) is 23.5. The van der Waals surface area contributed by atoms with Crippen LogP contribution < -0.4 is 0 Å². The first-order chi connectivity index (χ1) is 15.1. The number of hydrogen-bond acceptors (Lipinski definition) is 5. The second-order valence-electron chi connectivity index (χ2n) is 7.70. The van der Waals surface area contributed by atoms with E-state index in [1.807, 2.05) is 27.7 Å². The summed E-state index contributed by atoms with van der Waals surface area (Å²) >= 11 is 1.14. The molecule has 2 heterocycles. The van der Waals surface area contributed by atoms with E-state index in [-0.39, 0.29) is 29.4 Å². The number of pyridine rings is 1. The summed E-state index contributed by atoms with van der Waals surface area (Å²) in [5.74, 6) is 0.374. The molecular formula is C22H24F3N5OS. The first-order valence-electron chi connectivity index (χ1n) is 10.1. The molecular weight excluding hydrogens is 439 g/mol. The van der Waals surface area contributed by atoms with Crippen molar-refractivity contribution in [3.05, 3.63) is 54.4 Å². The number of rotatable bonds is 7. The Morgan fingerprint density at radius 3 is 2.31 bits per heavy atom. The Morgan fingerprint density at radius 2 is 1.72 bits per heavy atom. The Kier molecular flexibility index (Phi) is 7.22. The molecule has 0 aliphatic rings. The number of nitrogens with zero attached hydrogens (tertiary/aromatic N) is 5. The fourth-order valence-electron chi connectivity index (χ4n) is 3.48. The number of hydrogen-bond donors (Lipinski definition) is 0. The maximum Gasteiger partial charge on any atom is 0.416 e. The maximum atomic E-state index is 13.3. The van der Waals surface area contributed by atoms with E-state index in [9.17, 15) is 18.0 Å². The van der Waals surface area contributed by atoms with Crippen LogP contribution in [-0.2, 0) is 11.0 Å². The van der Waals surface area contributed by atoms with Gasteiger partial charge in [-0.1, -0.05) is 17.8 Å². The number of benzene rings is 1. The minimum absolute atomic E-state index is 0.0248. The number of carbonyl (C=O) groups is 1. The molecule has 3 aromatic rings. The molecule has 10 heteroatoms. The Bertz CT molecular complexity index is 1060. The molecule has 6 nitrogen and oxygen atoms in total. The van der Waals surface area contributed by atoms with Gasteiger partial charge in [-0.2, -0.15) is 13.2 Å². The number of thioether (sulfide) groups is 1. The summed E-state index contributed by atoms with van der Waals surface area (Å²) in [6, 6.07) is 8.42. The second-order valence-corrected chi connectivity index (χ2v) is 8.65. The summed E-state index contributed by atoms with van der Waals surface area (Å²) in [4.78, 5) is 18.5. The van der Waals surface area contributed by atoms with Crippen LogP contribution in [0, 0.1) is 0 Å². The lowest BCUT2D eigenvalue weighted by atomic mass is 10.2. The normalized spacial score (nSPS) is 11.9. The lowest BCUT2D eigenvalue weighted by Crippen LogP contribution is -2.43. The van der Waals surface area contributed by atoms with E-state index in [1.165, 1.54) is 10.6 Å². The third kappa shape index (κ3) is 5.29. The topological polar surface area (TPSA) is 63.9 Å². The van der Waals surface area contributed by atoms with Crippen molar-refractivity contribution >= 4 is 17.7 Å². The minimum Gasteiger partial charge on any atom is -0.337 e. The van der Waals surface area contributed by atoms with Crippen LogP contribution in [0.5, 0.6) is 0 Å². The first kappa shape index (κ1) is 23.8. The van der Waals surface area contributed by atoms with Crippen molar-refractivity contribution in [1.29, 1.82) is 0 Å². The summed E-state index contributed by atoms with van der Waals surface area (Å²) < 4.78 is 41.5. The third-order valence-electron chi connectivity index (χ3n) is 4.73. The third-order valence-corrected chi connectivity index (χ3v) is 5.64. The lowest BCUT2D eigenvalue weighted by molar-refractivity contribution is -0.137. The van der Waals surface area contributed by atoms with Crippen LogP contribution in [0.3, 0.4) is 0 Å². The highest BCUT2D eigenvalue weighted by Crippen LogP contribution is 2.33. The van der Waals surface area contributed by atoms with Crippen molar-refractivity contribution in [3.8, 4) is 17.1 Å². The highest BCUT2D eigenvalue weighted by atomic mass is 32.2. The van der Waals surface area contributed by atoms with Gasteiger partial charge in [0.15, 0.2) is 11.0 Å². The molecule has 0 aliphatic heterocycles. The standard InChI is InChI=1S/C22H24F3N5OS/c1-14(2)29(15(3)4)19(31)13-32-21-28-27-20(16-8-10-26-11-9-16)30(21)18-7-5-6-17(12-18)22(23,24)25/h5-12,14-15H,13H2,1-4H3. The van der Waals surface area contributed by atoms with Gasteiger partial charge in [-0.15, -0.1) is 10.2 Å². The Hall–Kier alpha value is -2.88. The maximum absolute atomic E-state index is 13.3. The van der Waals surface area contributed by atoms with Crippen LogP contribution in [0.4, 0.5) is 13.2 Å². The number of alkyl halides is 3. The van der Waals surface area contributed by atoms with Crippen LogP contribution in [0.15, 0.2) is 53.9 Å². The number of halogens is 3. The summed E-state index contributed by atoms with van der Waals surface area (Å²) in [5.41, 5.74) is 0.132. The fraction of sp³-hybridized carbons (Fsp3) is 0.364. The van der Waals surface area contributed by atoms with Gasteiger partial charge in [-0.3, -0.25) is 14.3 Å². The predicted octanol–water partition coefficient (Wildman–Crippen LogP) is 5.09. The van der Waals surface area contributed by atoms with E-state index in [2.05, 4.69) is 15.2 Å². The van der Waals surface area contributed by atoms with Crippen LogP contribution in [0.2, 0.25) is 0 Å². The van der Waals surface area contributed by atoms with E-state index in [1.54, 1.807) is 35.5 Å². The summed E-state index contributed by atoms with van der Waals surface area (Å²) in [7, 11) is 0. The molecule has 0 saturated heterocycles. The van der Waals surface area contributed by atoms with Crippen LogP contribution in [-0.4, -0.2) is 48.4 Å². The van der Waals surface area contributed by atoms with Gasteiger partial charge in [0.25, 0.3) is 0 Å². The Labute approximate surface area is 188 Å². The molecule has 0 fully saturated rings. The van der Waals surface area contributed by atoms with Crippen molar-refractivity contribution < 1.29 is 18.0 Å². The molecule has 0 saturated carbocycles. The van der Waals surface area contributed by atoms with Gasteiger partial charge in [0, 0.05) is 30.0 Å². The smallest absolute Gasteiger partial charge is 0.337 e. The molecule has 2 aromatic heterocycles. The van der Waals surface area contributed by atoms with Gasteiger partial charge in [0.05, 0.1) is 17.0 Å². The molecule has 0 aliphatic carbocycles. The molecule has 1 amide bonds. The summed E-state index contributed by atoms with van der Waals surface area (Å²) in [6.45, 7) is 7.76. The molecule has 1 aromatic carbocycles. The van der Waals surface area contributed by atoms with Crippen molar-refractivity contribution in [2.24, 2.45) is 0 Å². The quantitative estimate of drug-likeness (QED) is 0.457. The van der Waals surface area contributed by atoms with Crippen LogP contribution in [0.1, 0.15) is 33.3 Å². The van der Waals surface area contributed by atoms with E-state index in [0.29, 0.717) is 16.5 Å². The number of aromatic nitrogens is 4. The highest BCUT2D eigenvalue weighted by molar-refractivity contribution is 7.99. The number of carbonyl (C=O) groups excluding carboxylic acids is 1. The zero-order valence-corrected chi connectivity index (χ0v) is 19.0. The molecule has 0 bridgehead atoms. The monoisotopic (exact) mass is 463 g/mol. The first-order valence-corrected chi connectivity index (χ1v) is 11.1.